The molecular weight excluding hydrogens is 261 g/mol. The molecule has 0 radical (unpaired) electrons. The summed E-state index contributed by atoms with van der Waals surface area (Å²) in [6, 6.07) is 3.95. The van der Waals surface area contributed by atoms with Gasteiger partial charge in [-0.1, -0.05) is 18.2 Å². The van der Waals surface area contributed by atoms with E-state index >= 15 is 0 Å². The summed E-state index contributed by atoms with van der Waals surface area (Å²) >= 11 is 0. The van der Waals surface area contributed by atoms with E-state index in [1.165, 1.54) is 24.3 Å². The summed E-state index contributed by atoms with van der Waals surface area (Å²) in [7, 11) is 1.56. The van der Waals surface area contributed by atoms with Crippen molar-refractivity contribution in [3.05, 3.63) is 48.3 Å². The van der Waals surface area contributed by atoms with E-state index in [1.54, 1.807) is 25.3 Å². The highest BCUT2D eigenvalue weighted by atomic mass is 19.1. The molecule has 0 aromatic heterocycles. The summed E-state index contributed by atoms with van der Waals surface area (Å²) < 4.78 is 23.5. The number of ether oxygens (including phenoxy) is 2. The first-order valence-electron chi connectivity index (χ1n) is 6.19. The van der Waals surface area contributed by atoms with Crippen molar-refractivity contribution in [3.63, 3.8) is 0 Å². The maximum Gasteiger partial charge on any atom is 0.248 e. The molecule has 1 N–H and O–H groups in total. The van der Waals surface area contributed by atoms with E-state index in [0.29, 0.717) is 19.0 Å². The van der Waals surface area contributed by atoms with Crippen LogP contribution in [0.25, 0.3) is 0 Å². The third kappa shape index (κ3) is 5.67. The molecule has 0 heterocycles. The second kappa shape index (κ2) is 8.87. The van der Waals surface area contributed by atoms with Crippen LogP contribution in [0.15, 0.2) is 42.5 Å². The molecule has 0 atom stereocenters. The Morgan fingerprint density at radius 3 is 2.85 bits per heavy atom. The van der Waals surface area contributed by atoms with E-state index in [9.17, 15) is 9.18 Å². The number of allylic oxidation sites excluding steroid dienone is 3. The minimum absolute atomic E-state index is 0.288. The molecule has 0 unspecified atom stereocenters. The molecule has 0 aliphatic heterocycles. The molecule has 0 aliphatic carbocycles. The number of methoxy groups -OCH3 is 1. The van der Waals surface area contributed by atoms with Crippen LogP contribution in [0.3, 0.4) is 0 Å². The SMILES string of the molecule is C/C=C/C=C/C(=O)Nc1cc(F)ccc1OCCOC. The lowest BCUT2D eigenvalue weighted by molar-refractivity contribution is -0.111. The Hall–Kier alpha value is -2.14. The van der Waals surface area contributed by atoms with Gasteiger partial charge in [0, 0.05) is 19.3 Å². The lowest BCUT2D eigenvalue weighted by Gasteiger charge is -2.11. The van der Waals surface area contributed by atoms with E-state index in [2.05, 4.69) is 5.32 Å². The minimum Gasteiger partial charge on any atom is -0.489 e. The molecule has 1 aromatic rings. The van der Waals surface area contributed by atoms with Crippen molar-refractivity contribution >= 4 is 11.6 Å². The van der Waals surface area contributed by atoms with E-state index < -0.39 is 5.82 Å². The topological polar surface area (TPSA) is 47.6 Å². The number of benzene rings is 1. The highest BCUT2D eigenvalue weighted by Gasteiger charge is 2.07. The first-order valence-corrected chi connectivity index (χ1v) is 6.19. The maximum atomic E-state index is 13.2. The van der Waals surface area contributed by atoms with E-state index in [1.807, 2.05) is 6.92 Å². The average Bonchev–Trinajstić information content (AvgIpc) is 2.42. The van der Waals surface area contributed by atoms with Gasteiger partial charge in [0.15, 0.2) is 0 Å². The Morgan fingerprint density at radius 2 is 2.15 bits per heavy atom. The highest BCUT2D eigenvalue weighted by molar-refractivity contribution is 6.00. The van der Waals surface area contributed by atoms with Crippen LogP contribution in [0.4, 0.5) is 10.1 Å². The molecule has 0 saturated heterocycles. The molecule has 0 saturated carbocycles. The fourth-order valence-electron chi connectivity index (χ4n) is 1.39. The Labute approximate surface area is 117 Å². The highest BCUT2D eigenvalue weighted by Crippen LogP contribution is 2.25. The van der Waals surface area contributed by atoms with Crippen LogP contribution < -0.4 is 10.1 Å². The molecular formula is C15H18FNO3. The molecule has 4 nitrogen and oxygen atoms in total. The molecule has 0 spiro atoms. The van der Waals surface area contributed by atoms with Gasteiger partial charge in [-0.15, -0.1) is 0 Å². The summed E-state index contributed by atoms with van der Waals surface area (Å²) in [6.45, 7) is 2.57. The largest absolute Gasteiger partial charge is 0.489 e. The summed E-state index contributed by atoms with van der Waals surface area (Å²) in [5.41, 5.74) is 0.288. The number of amides is 1. The molecule has 0 fully saturated rings. The van der Waals surface area contributed by atoms with Gasteiger partial charge in [-0.25, -0.2) is 4.39 Å². The zero-order valence-corrected chi connectivity index (χ0v) is 11.6. The van der Waals surface area contributed by atoms with Gasteiger partial charge in [-0.05, 0) is 19.1 Å². The number of carbonyl (C=O) groups is 1. The Morgan fingerprint density at radius 1 is 1.35 bits per heavy atom. The van der Waals surface area contributed by atoms with Gasteiger partial charge < -0.3 is 14.8 Å². The van der Waals surface area contributed by atoms with Crippen LogP contribution in [-0.4, -0.2) is 26.2 Å². The van der Waals surface area contributed by atoms with Crippen LogP contribution in [0.1, 0.15) is 6.92 Å². The van der Waals surface area contributed by atoms with Gasteiger partial charge in [0.25, 0.3) is 0 Å². The van der Waals surface area contributed by atoms with Crippen molar-refractivity contribution in [3.8, 4) is 5.75 Å². The lowest BCUT2D eigenvalue weighted by atomic mass is 10.2. The van der Waals surface area contributed by atoms with Crippen molar-refractivity contribution in [2.45, 2.75) is 6.92 Å². The number of halogens is 1. The Balaban J connectivity index is 2.75. The van der Waals surface area contributed by atoms with Gasteiger partial charge >= 0.3 is 0 Å². The molecule has 0 bridgehead atoms. The zero-order valence-electron chi connectivity index (χ0n) is 11.6. The smallest absolute Gasteiger partial charge is 0.248 e. The summed E-state index contributed by atoms with van der Waals surface area (Å²) in [5, 5.41) is 2.57. The van der Waals surface area contributed by atoms with Gasteiger partial charge in [0.1, 0.15) is 18.2 Å². The normalized spacial score (nSPS) is 11.2. The molecule has 1 rings (SSSR count). The maximum absolute atomic E-state index is 13.2. The summed E-state index contributed by atoms with van der Waals surface area (Å²) in [5.74, 6) is -0.404. The first-order chi connectivity index (χ1) is 9.67. The number of hydrogen-bond acceptors (Lipinski definition) is 3. The molecule has 20 heavy (non-hydrogen) atoms. The number of carbonyl (C=O) groups excluding carboxylic acids is 1. The van der Waals surface area contributed by atoms with Gasteiger partial charge in [0.05, 0.1) is 12.3 Å². The number of hydrogen-bond donors (Lipinski definition) is 1. The van der Waals surface area contributed by atoms with Gasteiger partial charge in [0.2, 0.25) is 5.91 Å². The Kier molecular flexibility index (Phi) is 7.06. The van der Waals surface area contributed by atoms with Crippen molar-refractivity contribution in [2.75, 3.05) is 25.6 Å². The van der Waals surface area contributed by atoms with Crippen LogP contribution in [0.5, 0.6) is 5.75 Å². The molecule has 1 amide bonds. The summed E-state index contributed by atoms with van der Waals surface area (Å²) in [6.07, 6.45) is 6.47. The standard InChI is InChI=1S/C15H18FNO3/c1-3-4-5-6-15(18)17-13-11-12(16)7-8-14(13)20-10-9-19-2/h3-8,11H,9-10H2,1-2H3,(H,17,18)/b4-3+,6-5+. The molecule has 5 heteroatoms. The van der Waals surface area contributed by atoms with Gasteiger partial charge in [-0.2, -0.15) is 0 Å². The Bertz CT molecular complexity index is 498. The second-order valence-corrected chi connectivity index (χ2v) is 3.86. The van der Waals surface area contributed by atoms with Crippen molar-refractivity contribution in [2.24, 2.45) is 0 Å². The third-order valence-electron chi connectivity index (χ3n) is 2.30. The van der Waals surface area contributed by atoms with Crippen molar-refractivity contribution in [1.82, 2.24) is 0 Å². The minimum atomic E-state index is -0.447. The monoisotopic (exact) mass is 279 g/mol. The van der Waals surface area contributed by atoms with Crippen LogP contribution >= 0.6 is 0 Å². The summed E-state index contributed by atoms with van der Waals surface area (Å²) in [4.78, 5) is 11.6. The number of rotatable bonds is 7. The number of nitrogens with one attached hydrogen (secondary N) is 1. The zero-order chi connectivity index (χ0) is 14.8. The van der Waals surface area contributed by atoms with Crippen molar-refractivity contribution < 1.29 is 18.7 Å². The average molecular weight is 279 g/mol. The molecule has 1 aromatic carbocycles. The van der Waals surface area contributed by atoms with Crippen LogP contribution in [0.2, 0.25) is 0 Å². The van der Waals surface area contributed by atoms with E-state index in [-0.39, 0.29) is 11.6 Å². The fourth-order valence-corrected chi connectivity index (χ4v) is 1.39. The lowest BCUT2D eigenvalue weighted by Crippen LogP contribution is -2.11. The number of anilines is 1. The second-order valence-electron chi connectivity index (χ2n) is 3.86. The van der Waals surface area contributed by atoms with Crippen LogP contribution in [-0.2, 0) is 9.53 Å². The van der Waals surface area contributed by atoms with Crippen LogP contribution in [0, 0.1) is 5.82 Å². The van der Waals surface area contributed by atoms with Gasteiger partial charge in [-0.3, -0.25) is 4.79 Å². The molecule has 108 valence electrons. The van der Waals surface area contributed by atoms with E-state index in [4.69, 9.17) is 9.47 Å². The molecule has 0 aliphatic rings. The predicted molar refractivity (Wildman–Crippen MR) is 76.4 cm³/mol. The van der Waals surface area contributed by atoms with E-state index in [0.717, 1.165) is 0 Å². The first kappa shape index (κ1) is 15.9. The predicted octanol–water partition coefficient (Wildman–Crippen LogP) is 2.92. The third-order valence-corrected chi connectivity index (χ3v) is 2.30. The quantitative estimate of drug-likeness (QED) is 0.474. The van der Waals surface area contributed by atoms with Crippen molar-refractivity contribution in [1.29, 1.82) is 0 Å². The fraction of sp³-hybridized carbons (Fsp3) is 0.267.